The van der Waals surface area contributed by atoms with Gasteiger partial charge >= 0.3 is 10.4 Å². The van der Waals surface area contributed by atoms with E-state index in [1.54, 1.807) is 25.1 Å². The zero-order valence-electron chi connectivity index (χ0n) is 33.1. The number of carbonyl (C=O) groups excluding carboxylic acids is 1. The van der Waals surface area contributed by atoms with Crippen LogP contribution in [0.1, 0.15) is 21.5 Å². The third-order valence-electron chi connectivity index (χ3n) is 8.73. The van der Waals surface area contributed by atoms with E-state index in [0.717, 1.165) is 35.9 Å². The van der Waals surface area contributed by atoms with Crippen LogP contribution in [0.15, 0.2) is 102 Å². The molecule has 1 heterocycles. The first kappa shape index (κ1) is 50.3. The molecule has 1 aromatic heterocycles. The van der Waals surface area contributed by atoms with Crippen molar-refractivity contribution in [3.8, 4) is 0 Å². The highest BCUT2D eigenvalue weighted by Gasteiger charge is 2.37. The number of Topliss-reactive ketones (excluding diaryl/α,β-unsaturated/α-hetero) is 1. The molecule has 26 nitrogen and oxygen atoms in total. The summed E-state index contributed by atoms with van der Waals surface area (Å²) in [6, 6.07) is 12.9. The van der Waals surface area contributed by atoms with Gasteiger partial charge in [0.15, 0.2) is 15.5 Å². The lowest BCUT2D eigenvalue weighted by molar-refractivity contribution is 0.106. The molecule has 0 saturated heterocycles. The Labute approximate surface area is 389 Å². The highest BCUT2D eigenvalue weighted by Crippen LogP contribution is 2.41. The largest absolute Gasteiger partial charge is 0.397 e. The number of anilines is 6. The average molecular weight is 1060 g/mol. The highest BCUT2D eigenvalue weighted by molar-refractivity contribution is 7.91. The molecule has 5 aromatic rings. The number of ketones is 1. The average Bonchev–Trinajstić information content (AvgIpc) is 3.19. The second-order valence-corrected chi connectivity index (χ2v) is 21.4. The van der Waals surface area contributed by atoms with E-state index < -0.39 is 128 Å². The molecular formula is C34H28Cl2N10O16S5. The summed E-state index contributed by atoms with van der Waals surface area (Å²) in [5.74, 6) is -2.84. The molecule has 0 aliphatic heterocycles. The number of benzene rings is 4. The standard InChI is InChI=1S/C34H28Cl2N10O16S5/c1-16-6-7-18(14-20(16)35)38-33-40-32(36)41-34(42-33)39-19-8-9-24(64(50,51)52)22(15-19)44-46-30-26(66(56,57)58)13-17-12-25(65(53,54)55)29(28(37)27(17)31(30)47)45-43-21-4-2-3-5-23(21)63(48,49)11-10-62-67(59,60)61/h2-9,12-15,44H,10-11,37H2,1H3,(H,50,51,52)(H,53,54,55)(H,56,57,58)(H,59,60,61)(H2,38,39,40,41,42)/b45-43?,46-30+. The molecule has 0 amide bonds. The number of nitrogen functional groups attached to an aromatic ring is 1. The second-order valence-electron chi connectivity index (χ2n) is 13.3. The lowest BCUT2D eigenvalue weighted by Gasteiger charge is -2.20. The number of sulfone groups is 1. The third kappa shape index (κ3) is 12.1. The van der Waals surface area contributed by atoms with Crippen LogP contribution in [0, 0.1) is 6.92 Å². The minimum atomic E-state index is -5.50. The second kappa shape index (κ2) is 18.9. The van der Waals surface area contributed by atoms with Gasteiger partial charge in [0.25, 0.3) is 30.4 Å². The number of fused-ring (bicyclic) bond motifs is 1. The van der Waals surface area contributed by atoms with Gasteiger partial charge in [-0.2, -0.15) is 53.7 Å². The van der Waals surface area contributed by atoms with Crippen LogP contribution in [-0.2, 0) is 54.8 Å². The molecule has 0 saturated carbocycles. The van der Waals surface area contributed by atoms with Crippen LogP contribution in [-0.4, -0.2) is 99.1 Å². The minimum absolute atomic E-state index is 0.0506. The molecule has 1 aliphatic rings. The van der Waals surface area contributed by atoms with E-state index in [0.29, 0.717) is 22.9 Å². The Morgan fingerprint density at radius 1 is 0.731 bits per heavy atom. The molecule has 0 radical (unpaired) electrons. The number of allylic oxidation sites excluding steroid dienone is 1. The van der Waals surface area contributed by atoms with Gasteiger partial charge in [-0.05, 0) is 84.3 Å². The summed E-state index contributed by atoms with van der Waals surface area (Å²) >= 11 is 12.3. The fourth-order valence-electron chi connectivity index (χ4n) is 5.79. The molecule has 1 aliphatic carbocycles. The van der Waals surface area contributed by atoms with E-state index in [1.807, 2.05) is 0 Å². The molecule has 4 aromatic carbocycles. The number of nitrogens with two attached hydrogens (primary N) is 1. The highest BCUT2D eigenvalue weighted by atomic mass is 35.5. The molecule has 0 fully saturated rings. The van der Waals surface area contributed by atoms with Gasteiger partial charge in [-0.1, -0.05) is 29.8 Å². The van der Waals surface area contributed by atoms with E-state index in [-0.39, 0.29) is 22.9 Å². The number of nitrogens with one attached hydrogen (secondary N) is 3. The number of hydrogen-bond donors (Lipinski definition) is 8. The fourth-order valence-corrected chi connectivity index (χ4v) is 9.72. The minimum Gasteiger partial charge on any atom is -0.396 e. The Morgan fingerprint density at radius 3 is 1.94 bits per heavy atom. The van der Waals surface area contributed by atoms with Gasteiger partial charge in [-0.3, -0.25) is 28.4 Å². The van der Waals surface area contributed by atoms with E-state index in [2.05, 4.69) is 50.5 Å². The van der Waals surface area contributed by atoms with Gasteiger partial charge in [-0.25, -0.2) is 12.6 Å². The Balaban J connectivity index is 1.40. The van der Waals surface area contributed by atoms with Gasteiger partial charge in [0, 0.05) is 16.4 Å². The predicted octanol–water partition coefficient (Wildman–Crippen LogP) is 4.95. The first-order valence-corrected chi connectivity index (χ1v) is 25.8. The first-order valence-electron chi connectivity index (χ1n) is 17.7. The Bertz CT molecular complexity index is 3580. The van der Waals surface area contributed by atoms with Crippen LogP contribution in [0.25, 0.3) is 6.08 Å². The van der Waals surface area contributed by atoms with E-state index in [1.165, 1.54) is 12.1 Å². The SMILES string of the molecule is Cc1ccc(Nc2nc(Cl)nc(Nc3ccc(S(=O)(=O)O)c(N/N=C4/C(=O)c5c(cc(S(=O)(=O)O)c(N=Nc6ccccc6S(=O)(=O)CCOS(=O)(=O)O)c5N)C=C4S(=O)(=O)O)c3)n2)cc1Cl. The summed E-state index contributed by atoms with van der Waals surface area (Å²) in [5.41, 5.74) is 3.75. The Morgan fingerprint density at radius 2 is 1.34 bits per heavy atom. The lowest BCUT2D eigenvalue weighted by atomic mass is 9.92. The third-order valence-corrected chi connectivity index (χ3v) is 14.1. The maximum absolute atomic E-state index is 14.1. The van der Waals surface area contributed by atoms with Crippen molar-refractivity contribution >= 4 is 137 Å². The van der Waals surface area contributed by atoms with Crippen LogP contribution >= 0.6 is 23.2 Å². The molecule has 67 heavy (non-hydrogen) atoms. The summed E-state index contributed by atoms with van der Waals surface area (Å²) in [6.45, 7) is 0.738. The van der Waals surface area contributed by atoms with Gasteiger partial charge < -0.3 is 16.4 Å². The summed E-state index contributed by atoms with van der Waals surface area (Å²) in [7, 11) is -25.6. The molecule has 9 N–H and O–H groups in total. The molecule has 0 bridgehead atoms. The van der Waals surface area contributed by atoms with Crippen molar-refractivity contribution in [2.24, 2.45) is 15.3 Å². The van der Waals surface area contributed by atoms with Crippen LogP contribution in [0.4, 0.5) is 46.0 Å². The van der Waals surface area contributed by atoms with E-state index in [9.17, 15) is 60.5 Å². The van der Waals surface area contributed by atoms with Crippen molar-refractivity contribution in [3.05, 3.63) is 98.6 Å². The molecule has 6 rings (SSSR count). The first-order chi connectivity index (χ1) is 31.0. The monoisotopic (exact) mass is 1060 g/mol. The summed E-state index contributed by atoms with van der Waals surface area (Å²) in [6.07, 6.45) is 0.511. The van der Waals surface area contributed by atoms with E-state index in [4.69, 9.17) is 33.5 Å². The smallest absolute Gasteiger partial charge is 0.396 e. The summed E-state index contributed by atoms with van der Waals surface area (Å²) < 4.78 is 167. The Kier molecular flexibility index (Phi) is 14.2. The van der Waals surface area contributed by atoms with Crippen molar-refractivity contribution in [2.75, 3.05) is 34.2 Å². The normalized spacial score (nSPS) is 14.2. The van der Waals surface area contributed by atoms with Crippen molar-refractivity contribution in [1.82, 2.24) is 15.0 Å². The number of halogens is 2. The van der Waals surface area contributed by atoms with Crippen molar-refractivity contribution in [2.45, 2.75) is 21.6 Å². The van der Waals surface area contributed by atoms with Crippen LogP contribution in [0.2, 0.25) is 10.3 Å². The number of hydrogen-bond acceptors (Lipinski definition) is 22. The molecule has 0 atom stereocenters. The van der Waals surface area contributed by atoms with Gasteiger partial charge in [0.1, 0.15) is 26.1 Å². The zero-order valence-corrected chi connectivity index (χ0v) is 38.7. The molecular weight excluding hydrogens is 1040 g/mol. The quantitative estimate of drug-likeness (QED) is 0.0280. The lowest BCUT2D eigenvalue weighted by Crippen LogP contribution is -2.28. The number of rotatable bonds is 16. The molecule has 0 spiro atoms. The number of aryl methyl sites for hydroxylation is 1. The number of hydrazone groups is 1. The van der Waals surface area contributed by atoms with Crippen LogP contribution < -0.4 is 21.8 Å². The maximum Gasteiger partial charge on any atom is 0.397 e. The van der Waals surface area contributed by atoms with Crippen molar-refractivity contribution in [1.29, 1.82) is 0 Å². The molecule has 354 valence electrons. The van der Waals surface area contributed by atoms with Gasteiger partial charge in [-0.15, -0.1) is 10.2 Å². The van der Waals surface area contributed by atoms with Crippen LogP contribution in [0.3, 0.4) is 0 Å². The number of azo groups is 1. The molecule has 0 unspecified atom stereocenters. The number of aromatic nitrogens is 3. The topological polar surface area (TPSA) is 416 Å². The fraction of sp³-hybridized carbons (Fsp3) is 0.0882. The number of nitrogens with zero attached hydrogens (tertiary/aromatic N) is 6. The van der Waals surface area contributed by atoms with Crippen molar-refractivity contribution in [3.63, 3.8) is 0 Å². The van der Waals surface area contributed by atoms with Gasteiger partial charge in [0.05, 0.1) is 34.2 Å². The molecule has 33 heteroatoms. The summed E-state index contributed by atoms with van der Waals surface area (Å²) in [4.78, 5) is 22.2. The van der Waals surface area contributed by atoms with E-state index >= 15 is 0 Å². The van der Waals surface area contributed by atoms with Gasteiger partial charge in [0.2, 0.25) is 23.0 Å². The Hall–Kier alpha value is -6.10. The summed E-state index contributed by atoms with van der Waals surface area (Å²) in [5, 5.41) is 16.8. The zero-order chi connectivity index (χ0) is 49.4. The van der Waals surface area contributed by atoms with Crippen LogP contribution in [0.5, 0.6) is 0 Å². The number of carbonyl (C=O) groups is 1. The maximum atomic E-state index is 14.1. The predicted molar refractivity (Wildman–Crippen MR) is 240 cm³/mol. The van der Waals surface area contributed by atoms with Crippen molar-refractivity contribution < 1.29 is 69.3 Å².